The third-order valence-electron chi connectivity index (χ3n) is 2.91. The Morgan fingerprint density at radius 1 is 1.47 bits per heavy atom. The van der Waals surface area contributed by atoms with Gasteiger partial charge in [0.1, 0.15) is 18.3 Å². The van der Waals surface area contributed by atoms with Crippen LogP contribution in [0.25, 0.3) is 0 Å². The highest BCUT2D eigenvalue weighted by molar-refractivity contribution is 4.96. The van der Waals surface area contributed by atoms with E-state index in [2.05, 4.69) is 6.58 Å². The molecule has 2 heterocycles. The van der Waals surface area contributed by atoms with Gasteiger partial charge < -0.3 is 24.1 Å². The van der Waals surface area contributed by atoms with Gasteiger partial charge in [0.2, 0.25) is 0 Å². The summed E-state index contributed by atoms with van der Waals surface area (Å²) in [5.41, 5.74) is 0. The molecule has 0 unspecified atom stereocenters. The van der Waals surface area contributed by atoms with E-state index >= 15 is 0 Å². The summed E-state index contributed by atoms with van der Waals surface area (Å²) in [5, 5.41) is 9.67. The summed E-state index contributed by atoms with van der Waals surface area (Å²) in [4.78, 5) is 0. The van der Waals surface area contributed by atoms with E-state index in [-0.39, 0.29) is 12.2 Å². The molecular weight excluding hydrogens is 224 g/mol. The van der Waals surface area contributed by atoms with E-state index in [0.29, 0.717) is 6.61 Å². The van der Waals surface area contributed by atoms with Gasteiger partial charge in [-0.15, -0.1) is 6.58 Å². The Kier molecular flexibility index (Phi) is 3.56. The van der Waals surface area contributed by atoms with Crippen LogP contribution in [0.15, 0.2) is 12.7 Å². The van der Waals surface area contributed by atoms with Crippen molar-refractivity contribution in [3.8, 4) is 0 Å². The van der Waals surface area contributed by atoms with E-state index in [9.17, 15) is 5.11 Å². The molecule has 5 nitrogen and oxygen atoms in total. The van der Waals surface area contributed by atoms with Gasteiger partial charge in [0.15, 0.2) is 12.1 Å². The number of aliphatic hydroxyl groups excluding tert-OH is 1. The number of fused-ring (bicyclic) bond motifs is 1. The lowest BCUT2D eigenvalue weighted by molar-refractivity contribution is -0.227. The van der Waals surface area contributed by atoms with Crippen molar-refractivity contribution in [3.05, 3.63) is 12.7 Å². The van der Waals surface area contributed by atoms with Gasteiger partial charge in [-0.3, -0.25) is 0 Å². The maximum Gasteiger partial charge on any atom is 0.190 e. The van der Waals surface area contributed by atoms with Gasteiger partial charge in [-0.1, -0.05) is 6.08 Å². The van der Waals surface area contributed by atoms with Crippen LogP contribution in [0.5, 0.6) is 0 Å². The lowest BCUT2D eigenvalue weighted by Gasteiger charge is -2.26. The Balaban J connectivity index is 2.09. The monoisotopic (exact) mass is 244 g/mol. The van der Waals surface area contributed by atoms with Crippen molar-refractivity contribution in [3.63, 3.8) is 0 Å². The van der Waals surface area contributed by atoms with E-state index in [1.165, 1.54) is 0 Å². The maximum absolute atomic E-state index is 9.67. The van der Waals surface area contributed by atoms with Crippen molar-refractivity contribution in [2.45, 2.75) is 57.3 Å². The summed E-state index contributed by atoms with van der Waals surface area (Å²) in [6, 6.07) is 0. The van der Waals surface area contributed by atoms with Crippen LogP contribution in [0.4, 0.5) is 0 Å². The fourth-order valence-corrected chi connectivity index (χ4v) is 2.26. The second-order valence-electron chi connectivity index (χ2n) is 4.90. The first kappa shape index (κ1) is 13.0. The Morgan fingerprint density at radius 2 is 2.18 bits per heavy atom. The average molecular weight is 244 g/mol. The molecule has 0 amide bonds. The minimum atomic E-state index is -0.672. The van der Waals surface area contributed by atoms with Gasteiger partial charge >= 0.3 is 0 Å². The molecule has 0 aromatic carbocycles. The topological polar surface area (TPSA) is 57.2 Å². The fraction of sp³-hybridized carbons (Fsp3) is 0.833. The fourth-order valence-electron chi connectivity index (χ4n) is 2.26. The molecule has 0 spiro atoms. The van der Waals surface area contributed by atoms with Crippen LogP contribution < -0.4 is 0 Å². The summed E-state index contributed by atoms with van der Waals surface area (Å²) in [5.74, 6) is -0.672. The molecular formula is C12H20O5. The quantitative estimate of drug-likeness (QED) is 0.742. The first-order valence-electron chi connectivity index (χ1n) is 5.86. The highest BCUT2D eigenvalue weighted by Gasteiger charge is 2.56. The SMILES string of the molecule is C=CCO[C@@H]1[C@H]2OC(C)(C)O[C@H]2O[C@@H]1[C@@H](C)O. The van der Waals surface area contributed by atoms with Crippen molar-refractivity contribution in [2.75, 3.05) is 6.61 Å². The number of hydrogen-bond acceptors (Lipinski definition) is 5. The number of ether oxygens (including phenoxy) is 4. The Bertz CT molecular complexity index is 289. The van der Waals surface area contributed by atoms with Crippen LogP contribution in [-0.4, -0.2) is 48.2 Å². The molecule has 0 aliphatic carbocycles. The molecule has 0 radical (unpaired) electrons. The molecule has 5 heteroatoms. The number of aliphatic hydroxyl groups is 1. The predicted octanol–water partition coefficient (Wildman–Crippen LogP) is 0.815. The predicted molar refractivity (Wildman–Crippen MR) is 60.3 cm³/mol. The summed E-state index contributed by atoms with van der Waals surface area (Å²) >= 11 is 0. The van der Waals surface area contributed by atoms with Gasteiger partial charge in [0.25, 0.3) is 0 Å². The Hall–Kier alpha value is -0.460. The molecule has 0 saturated carbocycles. The van der Waals surface area contributed by atoms with E-state index in [1.54, 1.807) is 13.0 Å². The van der Waals surface area contributed by atoms with Gasteiger partial charge in [-0.25, -0.2) is 0 Å². The molecule has 2 saturated heterocycles. The van der Waals surface area contributed by atoms with Crippen molar-refractivity contribution >= 4 is 0 Å². The molecule has 1 N–H and O–H groups in total. The number of rotatable bonds is 4. The average Bonchev–Trinajstić information content (AvgIpc) is 2.67. The van der Waals surface area contributed by atoms with Crippen LogP contribution in [0.3, 0.4) is 0 Å². The normalized spacial score (nSPS) is 41.2. The molecule has 5 atom stereocenters. The molecule has 17 heavy (non-hydrogen) atoms. The second kappa shape index (κ2) is 4.66. The van der Waals surface area contributed by atoms with Crippen LogP contribution >= 0.6 is 0 Å². The van der Waals surface area contributed by atoms with Crippen molar-refractivity contribution < 1.29 is 24.1 Å². The minimum Gasteiger partial charge on any atom is -0.391 e. The molecule has 98 valence electrons. The van der Waals surface area contributed by atoms with E-state index < -0.39 is 24.3 Å². The zero-order valence-electron chi connectivity index (χ0n) is 10.5. The van der Waals surface area contributed by atoms with Crippen molar-refractivity contribution in [1.82, 2.24) is 0 Å². The van der Waals surface area contributed by atoms with E-state index in [0.717, 1.165) is 0 Å². The lowest BCUT2D eigenvalue weighted by atomic mass is 10.1. The Labute approximate surface area is 101 Å². The molecule has 0 aromatic rings. The van der Waals surface area contributed by atoms with Crippen molar-refractivity contribution in [2.24, 2.45) is 0 Å². The smallest absolute Gasteiger partial charge is 0.190 e. The minimum absolute atomic E-state index is 0.301. The Morgan fingerprint density at radius 3 is 2.76 bits per heavy atom. The van der Waals surface area contributed by atoms with Gasteiger partial charge in [-0.05, 0) is 20.8 Å². The number of hydrogen-bond donors (Lipinski definition) is 1. The summed E-state index contributed by atoms with van der Waals surface area (Å²) < 4.78 is 22.6. The van der Waals surface area contributed by atoms with Crippen LogP contribution in [0, 0.1) is 0 Å². The lowest BCUT2D eigenvalue weighted by Crippen LogP contribution is -2.41. The molecule has 2 aliphatic rings. The highest BCUT2D eigenvalue weighted by Crippen LogP contribution is 2.39. The maximum atomic E-state index is 9.67. The van der Waals surface area contributed by atoms with Crippen LogP contribution in [0.2, 0.25) is 0 Å². The first-order chi connectivity index (χ1) is 7.94. The molecule has 2 fully saturated rings. The third kappa shape index (κ3) is 2.53. The highest BCUT2D eigenvalue weighted by atomic mass is 16.8. The molecule has 0 bridgehead atoms. The van der Waals surface area contributed by atoms with Gasteiger partial charge in [-0.2, -0.15) is 0 Å². The summed E-state index contributed by atoms with van der Waals surface area (Å²) in [7, 11) is 0. The van der Waals surface area contributed by atoms with E-state index in [4.69, 9.17) is 18.9 Å². The second-order valence-corrected chi connectivity index (χ2v) is 4.90. The van der Waals surface area contributed by atoms with Gasteiger partial charge in [0.05, 0.1) is 12.7 Å². The van der Waals surface area contributed by atoms with E-state index in [1.807, 2.05) is 13.8 Å². The zero-order valence-corrected chi connectivity index (χ0v) is 10.5. The summed E-state index contributed by atoms with van der Waals surface area (Å²) in [6.07, 6.45) is -0.511. The van der Waals surface area contributed by atoms with Crippen molar-refractivity contribution in [1.29, 1.82) is 0 Å². The standard InChI is InChI=1S/C12H20O5/c1-5-6-14-9-8(7(2)13)15-11-10(9)16-12(3,4)17-11/h5,7-11,13H,1,6H2,2-4H3/t7-,8-,9+,10-,11-/m1/s1. The third-order valence-corrected chi connectivity index (χ3v) is 2.91. The van der Waals surface area contributed by atoms with Gasteiger partial charge in [0, 0.05) is 0 Å². The van der Waals surface area contributed by atoms with Crippen LogP contribution in [-0.2, 0) is 18.9 Å². The first-order valence-corrected chi connectivity index (χ1v) is 5.86. The zero-order chi connectivity index (χ0) is 12.6. The molecule has 2 rings (SSSR count). The molecule has 0 aromatic heterocycles. The molecule has 2 aliphatic heterocycles. The van der Waals surface area contributed by atoms with Crippen LogP contribution in [0.1, 0.15) is 20.8 Å². The largest absolute Gasteiger partial charge is 0.391 e. The summed E-state index contributed by atoms with van der Waals surface area (Å²) in [6.45, 7) is 9.33.